The summed E-state index contributed by atoms with van der Waals surface area (Å²) in [4.78, 5) is 27.5. The number of amides is 1. The molecule has 1 amide bonds. The van der Waals surface area contributed by atoms with Gasteiger partial charge in [0.2, 0.25) is 11.7 Å². The van der Waals surface area contributed by atoms with E-state index in [-0.39, 0.29) is 11.7 Å². The van der Waals surface area contributed by atoms with Crippen molar-refractivity contribution in [3.8, 4) is 28.7 Å². The number of hydrogen-bond acceptors (Lipinski definition) is 7. The van der Waals surface area contributed by atoms with Crippen LogP contribution >= 0.6 is 0 Å². The Labute approximate surface area is 199 Å². The number of carbonyl (C=O) groups is 2. The minimum absolute atomic E-state index is 0.0256. The van der Waals surface area contributed by atoms with Crippen LogP contribution in [0, 0.1) is 0 Å². The van der Waals surface area contributed by atoms with Crippen LogP contribution in [0.5, 0.6) is 28.7 Å². The maximum atomic E-state index is 12.9. The number of piperidine rings is 1. The second-order valence-corrected chi connectivity index (χ2v) is 8.57. The second-order valence-electron chi connectivity index (χ2n) is 8.57. The van der Waals surface area contributed by atoms with Crippen LogP contribution in [0.2, 0.25) is 0 Å². The monoisotopic (exact) mass is 469 g/mol. The molecule has 0 aromatic heterocycles. The van der Waals surface area contributed by atoms with Crippen molar-refractivity contribution in [1.29, 1.82) is 0 Å². The molecule has 0 radical (unpaired) electrons. The minimum Gasteiger partial charge on any atom is -0.497 e. The van der Waals surface area contributed by atoms with Crippen molar-refractivity contribution >= 4 is 11.7 Å². The van der Waals surface area contributed by atoms with Crippen LogP contribution in [0.4, 0.5) is 0 Å². The molecular formula is C26H31NO7. The molecule has 0 N–H and O–H groups in total. The molecule has 8 nitrogen and oxygen atoms in total. The van der Waals surface area contributed by atoms with E-state index in [1.165, 1.54) is 7.11 Å². The first-order chi connectivity index (χ1) is 16.5. The Morgan fingerprint density at radius 1 is 0.971 bits per heavy atom. The fourth-order valence-electron chi connectivity index (χ4n) is 4.55. The highest BCUT2D eigenvalue weighted by Crippen LogP contribution is 2.47. The van der Waals surface area contributed by atoms with Crippen LogP contribution in [-0.4, -0.2) is 63.2 Å². The Balaban J connectivity index is 1.29. The van der Waals surface area contributed by atoms with Gasteiger partial charge in [0.05, 0.1) is 39.9 Å². The summed E-state index contributed by atoms with van der Waals surface area (Å²) >= 11 is 0. The first-order valence-electron chi connectivity index (χ1n) is 11.5. The van der Waals surface area contributed by atoms with Gasteiger partial charge in [0.1, 0.15) is 17.1 Å². The van der Waals surface area contributed by atoms with E-state index in [1.54, 1.807) is 26.4 Å². The van der Waals surface area contributed by atoms with Gasteiger partial charge in [-0.25, -0.2) is 0 Å². The molecule has 0 bridgehead atoms. The molecule has 0 saturated carbocycles. The predicted molar refractivity (Wildman–Crippen MR) is 125 cm³/mol. The van der Waals surface area contributed by atoms with Gasteiger partial charge >= 0.3 is 0 Å². The molecule has 8 heteroatoms. The van der Waals surface area contributed by atoms with Gasteiger partial charge in [-0.05, 0) is 42.8 Å². The van der Waals surface area contributed by atoms with Crippen molar-refractivity contribution in [3.63, 3.8) is 0 Å². The van der Waals surface area contributed by atoms with E-state index >= 15 is 0 Å². The Hall–Kier alpha value is -3.42. The summed E-state index contributed by atoms with van der Waals surface area (Å²) in [5.41, 5.74) is -0.114. The van der Waals surface area contributed by atoms with E-state index in [2.05, 4.69) is 0 Å². The number of ketones is 1. The molecule has 0 aliphatic carbocycles. The van der Waals surface area contributed by atoms with Gasteiger partial charge in [0.25, 0.3) is 0 Å². The van der Waals surface area contributed by atoms with Crippen molar-refractivity contribution in [3.05, 3.63) is 42.0 Å². The van der Waals surface area contributed by atoms with Crippen LogP contribution in [0.1, 0.15) is 42.5 Å². The molecule has 0 unspecified atom stereocenters. The van der Waals surface area contributed by atoms with E-state index in [1.807, 2.05) is 29.2 Å². The zero-order valence-corrected chi connectivity index (χ0v) is 19.9. The maximum absolute atomic E-state index is 12.9. The van der Waals surface area contributed by atoms with Gasteiger partial charge in [-0.15, -0.1) is 0 Å². The van der Waals surface area contributed by atoms with Crippen molar-refractivity contribution < 1.29 is 33.3 Å². The normalized spacial score (nSPS) is 16.4. The van der Waals surface area contributed by atoms with E-state index < -0.39 is 5.60 Å². The second kappa shape index (κ2) is 10.2. The molecule has 2 aliphatic rings. The largest absolute Gasteiger partial charge is 0.497 e. The Morgan fingerprint density at radius 2 is 1.68 bits per heavy atom. The van der Waals surface area contributed by atoms with E-state index in [9.17, 15) is 9.59 Å². The number of likely N-dealkylation sites (tertiary alicyclic amines) is 1. The maximum Gasteiger partial charge on any atom is 0.222 e. The highest BCUT2D eigenvalue weighted by molar-refractivity contribution is 6.01. The summed E-state index contributed by atoms with van der Waals surface area (Å²) in [6, 6.07) is 10.8. The molecule has 0 atom stereocenters. The van der Waals surface area contributed by atoms with Gasteiger partial charge < -0.3 is 28.6 Å². The first kappa shape index (κ1) is 23.7. The zero-order chi connectivity index (χ0) is 24.1. The fraction of sp³-hybridized carbons (Fsp3) is 0.462. The van der Waals surface area contributed by atoms with Crippen LogP contribution in [0.3, 0.4) is 0 Å². The minimum atomic E-state index is -0.627. The molecule has 2 heterocycles. The number of nitrogens with zero attached hydrogens (tertiary/aromatic N) is 1. The number of benzene rings is 2. The standard InChI is InChI=1S/C26H31NO7/c1-30-18-6-8-19(9-7-18)33-16-4-5-23(29)27-14-12-26(13-15-27)17-21(28)20-10-11-22(31-2)25(32-3)24(20)34-26/h6-11H,4-5,12-17H2,1-3H3. The highest BCUT2D eigenvalue weighted by Gasteiger charge is 2.45. The Kier molecular flexibility index (Phi) is 7.14. The van der Waals surface area contributed by atoms with Crippen molar-refractivity contribution in [2.75, 3.05) is 41.0 Å². The Morgan fingerprint density at radius 3 is 2.32 bits per heavy atom. The summed E-state index contributed by atoms with van der Waals surface area (Å²) in [6.07, 6.45) is 2.52. The lowest BCUT2D eigenvalue weighted by molar-refractivity contribution is -0.135. The SMILES string of the molecule is COc1ccc(OCCCC(=O)N2CCC3(CC2)CC(=O)c2ccc(OC)c(OC)c2O3)cc1. The predicted octanol–water partition coefficient (Wildman–Crippen LogP) is 3.90. The number of carbonyl (C=O) groups excluding carboxylic acids is 2. The quantitative estimate of drug-likeness (QED) is 0.542. The lowest BCUT2D eigenvalue weighted by Gasteiger charge is -2.44. The summed E-state index contributed by atoms with van der Waals surface area (Å²) in [7, 11) is 4.71. The number of Topliss-reactive ketones (excluding diaryl/α,β-unsaturated/α-hetero) is 1. The molecule has 1 saturated heterocycles. The van der Waals surface area contributed by atoms with Crippen molar-refractivity contribution in [2.45, 2.75) is 37.7 Å². The molecule has 1 fully saturated rings. The van der Waals surface area contributed by atoms with Gasteiger partial charge in [-0.1, -0.05) is 0 Å². The summed E-state index contributed by atoms with van der Waals surface area (Å²) in [6.45, 7) is 1.56. The number of ether oxygens (including phenoxy) is 5. The molecule has 34 heavy (non-hydrogen) atoms. The lowest BCUT2D eigenvalue weighted by atomic mass is 9.82. The van der Waals surface area contributed by atoms with Gasteiger partial charge in [-0.3, -0.25) is 9.59 Å². The van der Waals surface area contributed by atoms with Crippen LogP contribution in [-0.2, 0) is 4.79 Å². The third kappa shape index (κ3) is 4.90. The molecule has 4 rings (SSSR count). The number of rotatable bonds is 8. The van der Waals surface area contributed by atoms with E-state index in [0.29, 0.717) is 74.6 Å². The summed E-state index contributed by atoms with van der Waals surface area (Å²) in [5.74, 6) is 3.04. The zero-order valence-electron chi connectivity index (χ0n) is 19.9. The highest BCUT2D eigenvalue weighted by atomic mass is 16.5. The fourth-order valence-corrected chi connectivity index (χ4v) is 4.55. The van der Waals surface area contributed by atoms with Gasteiger partial charge in [0, 0.05) is 32.4 Å². The Bertz CT molecular complexity index is 1030. The van der Waals surface area contributed by atoms with Crippen LogP contribution in [0.25, 0.3) is 0 Å². The molecule has 1 spiro atoms. The van der Waals surface area contributed by atoms with Crippen molar-refractivity contribution in [1.82, 2.24) is 4.90 Å². The molecule has 182 valence electrons. The molecule has 2 aromatic rings. The van der Waals surface area contributed by atoms with Crippen LogP contribution in [0.15, 0.2) is 36.4 Å². The van der Waals surface area contributed by atoms with Crippen LogP contribution < -0.4 is 23.7 Å². The molecule has 2 aromatic carbocycles. The summed E-state index contributed by atoms with van der Waals surface area (Å²) in [5, 5.41) is 0. The van der Waals surface area contributed by atoms with E-state index in [4.69, 9.17) is 23.7 Å². The third-order valence-corrected chi connectivity index (χ3v) is 6.49. The first-order valence-corrected chi connectivity index (χ1v) is 11.5. The smallest absolute Gasteiger partial charge is 0.222 e. The molecule has 2 aliphatic heterocycles. The average molecular weight is 470 g/mol. The number of hydrogen-bond donors (Lipinski definition) is 0. The van der Waals surface area contributed by atoms with Gasteiger partial charge in [0.15, 0.2) is 17.3 Å². The lowest BCUT2D eigenvalue weighted by Crippen LogP contribution is -2.52. The topological polar surface area (TPSA) is 83.5 Å². The average Bonchev–Trinajstić information content (AvgIpc) is 2.86. The summed E-state index contributed by atoms with van der Waals surface area (Å²) < 4.78 is 28.1. The van der Waals surface area contributed by atoms with Gasteiger partial charge in [-0.2, -0.15) is 0 Å². The van der Waals surface area contributed by atoms with Crippen molar-refractivity contribution in [2.24, 2.45) is 0 Å². The van der Waals surface area contributed by atoms with E-state index in [0.717, 1.165) is 11.5 Å². The number of fused-ring (bicyclic) bond motifs is 1. The number of methoxy groups -OCH3 is 3. The third-order valence-electron chi connectivity index (χ3n) is 6.49. The molecular weight excluding hydrogens is 438 g/mol.